The van der Waals surface area contributed by atoms with Gasteiger partial charge in [0.05, 0.1) is 30.0 Å². The van der Waals surface area contributed by atoms with E-state index in [1.54, 1.807) is 61.7 Å². The fourth-order valence-electron chi connectivity index (χ4n) is 2.90. The van der Waals surface area contributed by atoms with Crippen LogP contribution in [0.15, 0.2) is 54.6 Å². The zero-order valence-corrected chi connectivity index (χ0v) is 17.5. The van der Waals surface area contributed by atoms with Crippen molar-refractivity contribution < 1.29 is 14.3 Å². The van der Waals surface area contributed by atoms with E-state index in [4.69, 9.17) is 32.7 Å². The van der Waals surface area contributed by atoms with Gasteiger partial charge in [0.2, 0.25) is 0 Å². The lowest BCUT2D eigenvalue weighted by Crippen LogP contribution is -2.11. The Labute approximate surface area is 182 Å². The van der Waals surface area contributed by atoms with Gasteiger partial charge in [-0.25, -0.2) is 0 Å². The molecule has 0 fully saturated rings. The molecule has 0 spiro atoms. The molecule has 4 rings (SSSR count). The number of nitrogens with one attached hydrogen (secondary N) is 1. The van der Waals surface area contributed by atoms with E-state index in [0.717, 1.165) is 0 Å². The van der Waals surface area contributed by atoms with Gasteiger partial charge >= 0.3 is 0 Å². The molecule has 152 valence electrons. The highest BCUT2D eigenvalue weighted by Gasteiger charge is 2.12. The molecule has 4 aromatic rings. The summed E-state index contributed by atoms with van der Waals surface area (Å²) in [5.74, 6) is 0.777. The molecule has 0 saturated carbocycles. The van der Waals surface area contributed by atoms with Crippen molar-refractivity contribution in [2.75, 3.05) is 19.5 Å². The molecule has 9 heteroatoms. The normalized spacial score (nSPS) is 10.8. The molecule has 1 N–H and O–H groups in total. The Morgan fingerprint density at radius 3 is 2.20 bits per heavy atom. The van der Waals surface area contributed by atoms with E-state index in [-0.39, 0.29) is 5.91 Å². The summed E-state index contributed by atoms with van der Waals surface area (Å²) in [6, 6.07) is 15.4. The van der Waals surface area contributed by atoms with E-state index in [1.807, 2.05) is 0 Å². The van der Waals surface area contributed by atoms with Crippen LogP contribution in [-0.4, -0.2) is 35.1 Å². The molecule has 0 bridgehead atoms. The number of anilines is 1. The Balaban J connectivity index is 1.58. The molecule has 0 saturated heterocycles. The number of aromatic nitrogens is 3. The SMILES string of the molecule is COc1ccc(C(=O)Nc2ccc3nn(-c4ccc(OC)c(Cl)c4)nc3c2)cc1Cl. The van der Waals surface area contributed by atoms with Crippen LogP contribution in [0.4, 0.5) is 5.69 Å². The lowest BCUT2D eigenvalue weighted by molar-refractivity contribution is 0.102. The van der Waals surface area contributed by atoms with Crippen LogP contribution in [-0.2, 0) is 0 Å². The highest BCUT2D eigenvalue weighted by Crippen LogP contribution is 2.27. The first-order valence-corrected chi connectivity index (χ1v) is 9.60. The number of amides is 1. The van der Waals surface area contributed by atoms with Crippen LogP contribution >= 0.6 is 23.2 Å². The van der Waals surface area contributed by atoms with Crippen molar-refractivity contribution in [3.8, 4) is 17.2 Å². The molecular weight excluding hydrogens is 427 g/mol. The first-order chi connectivity index (χ1) is 14.5. The number of carbonyl (C=O) groups excluding carboxylic acids is 1. The molecule has 0 unspecified atom stereocenters. The van der Waals surface area contributed by atoms with Gasteiger partial charge in [-0.2, -0.15) is 4.80 Å². The summed E-state index contributed by atoms with van der Waals surface area (Å²) in [7, 11) is 3.07. The fourth-order valence-corrected chi connectivity index (χ4v) is 3.41. The second-order valence-corrected chi connectivity index (χ2v) is 7.13. The third kappa shape index (κ3) is 3.90. The largest absolute Gasteiger partial charge is 0.495 e. The first kappa shape index (κ1) is 20.0. The number of hydrogen-bond acceptors (Lipinski definition) is 5. The van der Waals surface area contributed by atoms with Crippen molar-refractivity contribution in [1.29, 1.82) is 0 Å². The topological polar surface area (TPSA) is 78.3 Å². The maximum atomic E-state index is 12.5. The van der Waals surface area contributed by atoms with Gasteiger partial charge in [0.25, 0.3) is 5.91 Å². The zero-order valence-electron chi connectivity index (χ0n) is 16.0. The molecule has 1 amide bonds. The van der Waals surface area contributed by atoms with Crippen molar-refractivity contribution in [2.45, 2.75) is 0 Å². The number of hydrogen-bond donors (Lipinski definition) is 1. The number of ether oxygens (including phenoxy) is 2. The third-order valence-electron chi connectivity index (χ3n) is 4.42. The van der Waals surface area contributed by atoms with Crippen LogP contribution in [0.2, 0.25) is 10.0 Å². The lowest BCUT2D eigenvalue weighted by Gasteiger charge is -2.07. The number of fused-ring (bicyclic) bond motifs is 1. The number of halogens is 2. The van der Waals surface area contributed by atoms with Gasteiger partial charge in [-0.15, -0.1) is 10.2 Å². The lowest BCUT2D eigenvalue weighted by atomic mass is 10.2. The highest BCUT2D eigenvalue weighted by molar-refractivity contribution is 6.32. The predicted octanol–water partition coefficient (Wildman–Crippen LogP) is 5.00. The first-order valence-electron chi connectivity index (χ1n) is 8.84. The Morgan fingerprint density at radius 1 is 0.867 bits per heavy atom. The molecule has 3 aromatic carbocycles. The summed E-state index contributed by atoms with van der Waals surface area (Å²) in [6.45, 7) is 0. The van der Waals surface area contributed by atoms with Crippen molar-refractivity contribution in [1.82, 2.24) is 15.0 Å². The molecule has 1 heterocycles. The van der Waals surface area contributed by atoms with Crippen LogP contribution in [0, 0.1) is 0 Å². The van der Waals surface area contributed by atoms with E-state index in [2.05, 4.69) is 15.5 Å². The maximum absolute atomic E-state index is 12.5. The minimum atomic E-state index is -0.298. The van der Waals surface area contributed by atoms with Crippen LogP contribution in [0.5, 0.6) is 11.5 Å². The van der Waals surface area contributed by atoms with Crippen LogP contribution < -0.4 is 14.8 Å². The summed E-state index contributed by atoms with van der Waals surface area (Å²) < 4.78 is 10.3. The van der Waals surface area contributed by atoms with Gasteiger partial charge in [0.1, 0.15) is 22.5 Å². The van der Waals surface area contributed by atoms with E-state index >= 15 is 0 Å². The summed E-state index contributed by atoms with van der Waals surface area (Å²) in [5, 5.41) is 12.6. The molecule has 0 radical (unpaired) electrons. The van der Waals surface area contributed by atoms with Gasteiger partial charge in [-0.3, -0.25) is 4.79 Å². The average molecular weight is 443 g/mol. The number of methoxy groups -OCH3 is 2. The fraction of sp³-hybridized carbons (Fsp3) is 0.0952. The van der Waals surface area contributed by atoms with Gasteiger partial charge < -0.3 is 14.8 Å². The van der Waals surface area contributed by atoms with Crippen LogP contribution in [0.3, 0.4) is 0 Å². The summed E-state index contributed by atoms with van der Waals surface area (Å²) >= 11 is 12.3. The van der Waals surface area contributed by atoms with E-state index in [9.17, 15) is 4.79 Å². The average Bonchev–Trinajstić information content (AvgIpc) is 3.17. The summed E-state index contributed by atoms with van der Waals surface area (Å²) in [4.78, 5) is 14.0. The Kier molecular flexibility index (Phi) is 5.48. The van der Waals surface area contributed by atoms with Crippen molar-refractivity contribution in [3.05, 3.63) is 70.2 Å². The van der Waals surface area contributed by atoms with Crippen LogP contribution in [0.25, 0.3) is 16.7 Å². The highest BCUT2D eigenvalue weighted by atomic mass is 35.5. The number of nitrogens with zero attached hydrogens (tertiary/aromatic N) is 3. The molecule has 30 heavy (non-hydrogen) atoms. The van der Waals surface area contributed by atoms with Crippen LogP contribution in [0.1, 0.15) is 10.4 Å². The number of rotatable bonds is 5. The summed E-state index contributed by atoms with van der Waals surface area (Å²) in [6.07, 6.45) is 0. The zero-order chi connectivity index (χ0) is 21.3. The Bertz CT molecular complexity index is 1260. The number of benzene rings is 3. The standard InChI is InChI=1S/C21H16Cl2N4O3/c1-29-19-7-3-12(9-15(19)22)21(28)24-13-4-6-17-18(10-13)26-27(25-17)14-5-8-20(30-2)16(23)11-14/h3-11H,1-2H3,(H,24,28). The molecule has 7 nitrogen and oxygen atoms in total. The van der Waals surface area contributed by atoms with E-state index in [0.29, 0.717) is 49.5 Å². The van der Waals surface area contributed by atoms with Crippen molar-refractivity contribution >= 4 is 45.8 Å². The van der Waals surface area contributed by atoms with Gasteiger partial charge in [-0.1, -0.05) is 23.2 Å². The quantitative estimate of drug-likeness (QED) is 0.470. The monoisotopic (exact) mass is 442 g/mol. The Hall–Kier alpha value is -3.29. The maximum Gasteiger partial charge on any atom is 0.255 e. The molecule has 1 aromatic heterocycles. The van der Waals surface area contributed by atoms with E-state index in [1.165, 1.54) is 11.9 Å². The molecule has 0 aliphatic rings. The minimum absolute atomic E-state index is 0.298. The van der Waals surface area contributed by atoms with E-state index < -0.39 is 0 Å². The molecule has 0 aliphatic carbocycles. The second kappa shape index (κ2) is 8.22. The van der Waals surface area contributed by atoms with Crippen molar-refractivity contribution in [3.63, 3.8) is 0 Å². The van der Waals surface area contributed by atoms with Crippen molar-refractivity contribution in [2.24, 2.45) is 0 Å². The number of carbonyl (C=O) groups is 1. The Morgan fingerprint density at radius 2 is 1.53 bits per heavy atom. The molecule has 0 atom stereocenters. The molecular formula is C21H16Cl2N4O3. The predicted molar refractivity (Wildman–Crippen MR) is 116 cm³/mol. The third-order valence-corrected chi connectivity index (χ3v) is 5.01. The smallest absolute Gasteiger partial charge is 0.255 e. The summed E-state index contributed by atoms with van der Waals surface area (Å²) in [5.41, 5.74) is 2.98. The molecule has 0 aliphatic heterocycles. The van der Waals surface area contributed by atoms with Gasteiger partial charge in [-0.05, 0) is 54.6 Å². The van der Waals surface area contributed by atoms with Gasteiger partial charge in [0.15, 0.2) is 0 Å². The minimum Gasteiger partial charge on any atom is -0.495 e. The second-order valence-electron chi connectivity index (χ2n) is 6.32. The van der Waals surface area contributed by atoms with Gasteiger partial charge in [0, 0.05) is 11.3 Å².